The summed E-state index contributed by atoms with van der Waals surface area (Å²) in [6.45, 7) is 6.60. The first-order valence-corrected chi connectivity index (χ1v) is 6.75. The molecule has 100 valence electrons. The molecule has 6 heteroatoms. The zero-order chi connectivity index (χ0) is 13.4. The van der Waals surface area contributed by atoms with E-state index in [1.165, 1.54) is 11.3 Å². The summed E-state index contributed by atoms with van der Waals surface area (Å²) in [5.41, 5.74) is 0. The lowest BCUT2D eigenvalue weighted by Crippen LogP contribution is -2.26. The highest BCUT2D eigenvalue weighted by Crippen LogP contribution is 2.17. The van der Waals surface area contributed by atoms with Gasteiger partial charge in [-0.15, -0.1) is 6.58 Å². The monoisotopic (exact) mass is 269 g/mol. The van der Waals surface area contributed by atoms with Gasteiger partial charge < -0.3 is 15.7 Å². The molecule has 1 heterocycles. The van der Waals surface area contributed by atoms with Crippen LogP contribution in [0.5, 0.6) is 0 Å². The molecule has 3 N–H and O–H groups in total. The van der Waals surface area contributed by atoms with Crippen molar-refractivity contribution in [1.29, 1.82) is 0 Å². The van der Waals surface area contributed by atoms with Gasteiger partial charge in [0, 0.05) is 13.1 Å². The number of rotatable bonds is 8. The number of hydrogen-bond donors (Lipinski definition) is 3. The average Bonchev–Trinajstić information content (AvgIpc) is 2.84. The number of aromatic nitrogens is 1. The van der Waals surface area contributed by atoms with Crippen molar-refractivity contribution in [1.82, 2.24) is 10.3 Å². The molecule has 0 saturated heterocycles. The van der Waals surface area contributed by atoms with Crippen LogP contribution in [0.2, 0.25) is 0 Å². The number of nitrogens with one attached hydrogen (secondary N) is 2. The number of aliphatic hydroxyl groups is 1. The van der Waals surface area contributed by atoms with Crippen LogP contribution in [-0.2, 0) is 0 Å². The number of anilines is 1. The molecule has 1 amide bonds. The molecule has 0 aromatic carbocycles. The summed E-state index contributed by atoms with van der Waals surface area (Å²) in [5, 5.41) is 15.8. The Bertz CT molecular complexity index is 392. The second kappa shape index (κ2) is 7.84. The Morgan fingerprint density at radius 2 is 2.50 bits per heavy atom. The predicted molar refractivity (Wildman–Crippen MR) is 74.0 cm³/mol. The van der Waals surface area contributed by atoms with Crippen molar-refractivity contribution in [3.05, 3.63) is 23.7 Å². The summed E-state index contributed by atoms with van der Waals surface area (Å²) in [4.78, 5) is 16.4. The smallest absolute Gasteiger partial charge is 0.263 e. The highest BCUT2D eigenvalue weighted by molar-refractivity contribution is 7.17. The largest absolute Gasteiger partial charge is 0.393 e. The summed E-state index contributed by atoms with van der Waals surface area (Å²) >= 11 is 1.30. The fraction of sp³-hybridized carbons (Fsp3) is 0.500. The lowest BCUT2D eigenvalue weighted by atomic mass is 10.2. The Kier molecular flexibility index (Phi) is 6.38. The molecule has 1 aromatic rings. The van der Waals surface area contributed by atoms with Crippen LogP contribution < -0.4 is 10.6 Å². The van der Waals surface area contributed by atoms with E-state index < -0.39 is 0 Å². The summed E-state index contributed by atoms with van der Waals surface area (Å²) < 4.78 is 0. The van der Waals surface area contributed by atoms with Crippen LogP contribution in [0.1, 0.15) is 29.4 Å². The molecule has 0 aliphatic carbocycles. The summed E-state index contributed by atoms with van der Waals surface area (Å²) in [7, 11) is 0. The third-order valence-corrected chi connectivity index (χ3v) is 3.32. The number of aliphatic hydroxyl groups excluding tert-OH is 1. The van der Waals surface area contributed by atoms with Gasteiger partial charge in [-0.2, -0.15) is 0 Å². The second-order valence-electron chi connectivity index (χ2n) is 3.81. The molecular weight excluding hydrogens is 250 g/mol. The molecule has 18 heavy (non-hydrogen) atoms. The standard InChI is InChI=1S/C12H19N3O2S/c1-3-6-14-12-15-8-10(18-12)11(17)13-7-5-9(16)4-2/h3,8-9,16H,1,4-7H2,2H3,(H,13,17)(H,14,15). The molecule has 0 aliphatic rings. The highest BCUT2D eigenvalue weighted by Gasteiger charge is 2.10. The molecule has 5 nitrogen and oxygen atoms in total. The fourth-order valence-electron chi connectivity index (χ4n) is 1.26. The van der Waals surface area contributed by atoms with Gasteiger partial charge in [-0.25, -0.2) is 4.98 Å². The van der Waals surface area contributed by atoms with Crippen molar-refractivity contribution in [2.24, 2.45) is 0 Å². The minimum absolute atomic E-state index is 0.151. The van der Waals surface area contributed by atoms with Crippen LogP contribution in [0.4, 0.5) is 5.13 Å². The van der Waals surface area contributed by atoms with Crippen LogP contribution in [0, 0.1) is 0 Å². The number of amides is 1. The molecule has 1 aromatic heterocycles. The Balaban J connectivity index is 2.37. The first-order chi connectivity index (χ1) is 8.67. The van der Waals surface area contributed by atoms with Crippen LogP contribution in [0.15, 0.2) is 18.9 Å². The van der Waals surface area contributed by atoms with Gasteiger partial charge in [-0.05, 0) is 12.8 Å². The SMILES string of the molecule is C=CCNc1ncc(C(=O)NCCC(O)CC)s1. The van der Waals surface area contributed by atoms with Crippen molar-refractivity contribution < 1.29 is 9.90 Å². The van der Waals surface area contributed by atoms with Gasteiger partial charge in [0.1, 0.15) is 4.88 Å². The summed E-state index contributed by atoms with van der Waals surface area (Å²) in [6.07, 6.45) is 4.19. The van der Waals surface area contributed by atoms with Crippen molar-refractivity contribution in [3.8, 4) is 0 Å². The summed E-state index contributed by atoms with van der Waals surface area (Å²) in [6, 6.07) is 0. The van der Waals surface area contributed by atoms with E-state index >= 15 is 0 Å². The van der Waals surface area contributed by atoms with Crippen LogP contribution in [-0.4, -0.2) is 35.2 Å². The minimum Gasteiger partial charge on any atom is -0.393 e. The Morgan fingerprint density at radius 1 is 1.72 bits per heavy atom. The van der Waals surface area contributed by atoms with Crippen LogP contribution in [0.25, 0.3) is 0 Å². The van der Waals surface area contributed by atoms with Gasteiger partial charge >= 0.3 is 0 Å². The predicted octanol–water partition coefficient (Wildman–Crippen LogP) is 1.63. The van der Waals surface area contributed by atoms with Crippen molar-refractivity contribution in [3.63, 3.8) is 0 Å². The Hall–Kier alpha value is -1.40. The Morgan fingerprint density at radius 3 is 3.17 bits per heavy atom. The Labute approximate surface area is 111 Å². The van der Waals surface area contributed by atoms with Gasteiger partial charge in [0.15, 0.2) is 5.13 Å². The molecule has 1 unspecified atom stereocenters. The molecular formula is C12H19N3O2S. The maximum atomic E-state index is 11.7. The molecule has 0 aliphatic heterocycles. The first-order valence-electron chi connectivity index (χ1n) is 5.94. The van der Waals surface area contributed by atoms with Crippen molar-refractivity contribution in [2.45, 2.75) is 25.9 Å². The van der Waals surface area contributed by atoms with Crippen LogP contribution in [0.3, 0.4) is 0 Å². The van der Waals surface area contributed by atoms with Gasteiger partial charge in [0.25, 0.3) is 5.91 Å². The minimum atomic E-state index is -0.350. The van der Waals surface area contributed by atoms with E-state index in [4.69, 9.17) is 0 Å². The van der Waals surface area contributed by atoms with E-state index in [0.717, 1.165) is 0 Å². The lowest BCUT2D eigenvalue weighted by Gasteiger charge is -2.07. The number of hydrogen-bond acceptors (Lipinski definition) is 5. The maximum Gasteiger partial charge on any atom is 0.263 e. The van der Waals surface area contributed by atoms with Gasteiger partial charge in [0.2, 0.25) is 0 Å². The number of nitrogens with zero attached hydrogens (tertiary/aromatic N) is 1. The topological polar surface area (TPSA) is 74.2 Å². The van der Waals surface area contributed by atoms with E-state index in [9.17, 15) is 9.90 Å². The molecule has 0 spiro atoms. The maximum absolute atomic E-state index is 11.7. The number of carbonyl (C=O) groups is 1. The van der Waals surface area contributed by atoms with E-state index in [1.54, 1.807) is 12.3 Å². The lowest BCUT2D eigenvalue weighted by molar-refractivity contribution is 0.0946. The van der Waals surface area contributed by atoms with Crippen molar-refractivity contribution >= 4 is 22.4 Å². The van der Waals surface area contributed by atoms with E-state index in [2.05, 4.69) is 22.2 Å². The third-order valence-electron chi connectivity index (χ3n) is 2.36. The molecule has 0 bridgehead atoms. The zero-order valence-corrected chi connectivity index (χ0v) is 11.3. The van der Waals surface area contributed by atoms with E-state index in [1.807, 2.05) is 6.92 Å². The number of thiazole rings is 1. The summed E-state index contributed by atoms with van der Waals surface area (Å²) in [5.74, 6) is -0.151. The normalized spacial score (nSPS) is 11.9. The molecule has 0 fully saturated rings. The second-order valence-corrected chi connectivity index (χ2v) is 4.84. The van der Waals surface area contributed by atoms with Gasteiger partial charge in [-0.1, -0.05) is 24.3 Å². The number of carbonyl (C=O) groups excluding carboxylic acids is 1. The van der Waals surface area contributed by atoms with Crippen molar-refractivity contribution in [2.75, 3.05) is 18.4 Å². The van der Waals surface area contributed by atoms with Gasteiger partial charge in [0.05, 0.1) is 12.3 Å². The molecule has 0 saturated carbocycles. The first kappa shape index (κ1) is 14.7. The van der Waals surface area contributed by atoms with E-state index in [0.29, 0.717) is 35.9 Å². The van der Waals surface area contributed by atoms with Crippen LogP contribution >= 0.6 is 11.3 Å². The fourth-order valence-corrected chi connectivity index (χ4v) is 2.00. The molecule has 0 radical (unpaired) electrons. The quantitative estimate of drug-likeness (QED) is 0.627. The third kappa shape index (κ3) is 4.85. The highest BCUT2D eigenvalue weighted by atomic mass is 32.1. The average molecular weight is 269 g/mol. The molecule has 1 rings (SSSR count). The molecule has 1 atom stereocenters. The van der Waals surface area contributed by atoms with E-state index in [-0.39, 0.29) is 12.0 Å². The van der Waals surface area contributed by atoms with Gasteiger partial charge in [-0.3, -0.25) is 4.79 Å². The zero-order valence-electron chi connectivity index (χ0n) is 10.5.